The number of hydrogen-bond acceptors (Lipinski definition) is 3. The number of morpholine rings is 1. The van der Waals surface area contributed by atoms with Crippen molar-refractivity contribution in [2.24, 2.45) is 4.99 Å². The first-order chi connectivity index (χ1) is 11.7. The minimum atomic E-state index is 0. The highest BCUT2D eigenvalue weighted by atomic mass is 127. The van der Waals surface area contributed by atoms with Crippen molar-refractivity contribution in [1.82, 2.24) is 10.2 Å². The summed E-state index contributed by atoms with van der Waals surface area (Å²) in [5.74, 6) is 0.954. The van der Waals surface area contributed by atoms with E-state index in [0.29, 0.717) is 19.8 Å². The van der Waals surface area contributed by atoms with Crippen LogP contribution in [-0.4, -0.2) is 56.9 Å². The Morgan fingerprint density at radius 1 is 1.36 bits per heavy atom. The van der Waals surface area contributed by atoms with E-state index in [9.17, 15) is 0 Å². The molecule has 0 aromatic heterocycles. The Labute approximate surface area is 169 Å². The second-order valence-corrected chi connectivity index (χ2v) is 6.10. The van der Waals surface area contributed by atoms with Gasteiger partial charge in [-0.1, -0.05) is 23.8 Å². The van der Waals surface area contributed by atoms with E-state index in [-0.39, 0.29) is 30.1 Å². The largest absolute Gasteiger partial charge is 0.380 e. The number of nitrogens with zero attached hydrogens (tertiary/aromatic N) is 2. The van der Waals surface area contributed by atoms with Crippen LogP contribution < -0.4 is 5.32 Å². The number of halogens is 1. The lowest BCUT2D eigenvalue weighted by Gasteiger charge is -2.36. The molecule has 2 rings (SSSR count). The minimum Gasteiger partial charge on any atom is -0.380 e. The van der Waals surface area contributed by atoms with Crippen molar-refractivity contribution in [2.75, 3.05) is 46.0 Å². The van der Waals surface area contributed by atoms with Crippen molar-refractivity contribution < 1.29 is 9.47 Å². The SMILES string of the molecule is CCNC(=NCCOCC)N1CCOC(c2ccc(C)cc2C)C1.I. The smallest absolute Gasteiger partial charge is 0.194 e. The summed E-state index contributed by atoms with van der Waals surface area (Å²) in [7, 11) is 0. The molecule has 1 heterocycles. The van der Waals surface area contributed by atoms with Crippen molar-refractivity contribution in [3.63, 3.8) is 0 Å². The standard InChI is InChI=1S/C19H31N3O2.HI/c1-5-20-19(21-9-11-23-6-2)22-10-12-24-18(14-22)17-8-7-15(3)13-16(17)4;/h7-8,13,18H,5-6,9-12,14H2,1-4H3,(H,20,21);1H. The maximum Gasteiger partial charge on any atom is 0.194 e. The molecule has 0 saturated carbocycles. The van der Waals surface area contributed by atoms with Gasteiger partial charge in [-0.2, -0.15) is 0 Å². The summed E-state index contributed by atoms with van der Waals surface area (Å²) < 4.78 is 11.4. The zero-order valence-electron chi connectivity index (χ0n) is 15.9. The van der Waals surface area contributed by atoms with Gasteiger partial charge in [0.25, 0.3) is 0 Å². The van der Waals surface area contributed by atoms with Crippen LogP contribution in [0.25, 0.3) is 0 Å². The topological polar surface area (TPSA) is 46.1 Å². The van der Waals surface area contributed by atoms with E-state index in [1.165, 1.54) is 16.7 Å². The predicted molar refractivity (Wildman–Crippen MR) is 114 cm³/mol. The molecule has 0 bridgehead atoms. The number of aliphatic imine (C=N–C) groups is 1. The number of aryl methyl sites for hydroxylation is 2. The van der Waals surface area contributed by atoms with E-state index in [0.717, 1.165) is 32.2 Å². The van der Waals surface area contributed by atoms with Crippen LogP contribution in [0.1, 0.15) is 36.6 Å². The summed E-state index contributed by atoms with van der Waals surface area (Å²) in [6.07, 6.45) is 0.0927. The summed E-state index contributed by atoms with van der Waals surface area (Å²) in [4.78, 5) is 6.98. The van der Waals surface area contributed by atoms with Crippen LogP contribution in [-0.2, 0) is 9.47 Å². The number of rotatable bonds is 6. The molecule has 1 aliphatic heterocycles. The third kappa shape index (κ3) is 6.75. The first kappa shape index (κ1) is 22.2. The maximum absolute atomic E-state index is 6.04. The summed E-state index contributed by atoms with van der Waals surface area (Å²) in [6, 6.07) is 6.57. The first-order valence-electron chi connectivity index (χ1n) is 8.95. The van der Waals surface area contributed by atoms with Crippen molar-refractivity contribution in [3.05, 3.63) is 34.9 Å². The highest BCUT2D eigenvalue weighted by Gasteiger charge is 2.25. The number of benzene rings is 1. The Morgan fingerprint density at radius 3 is 2.84 bits per heavy atom. The van der Waals surface area contributed by atoms with E-state index in [1.54, 1.807) is 0 Å². The van der Waals surface area contributed by atoms with E-state index < -0.39 is 0 Å². The molecule has 25 heavy (non-hydrogen) atoms. The fourth-order valence-corrected chi connectivity index (χ4v) is 3.00. The van der Waals surface area contributed by atoms with Gasteiger partial charge in [0.05, 0.1) is 26.3 Å². The van der Waals surface area contributed by atoms with Crippen molar-refractivity contribution in [3.8, 4) is 0 Å². The van der Waals surface area contributed by atoms with Gasteiger partial charge >= 0.3 is 0 Å². The number of ether oxygens (including phenoxy) is 2. The van der Waals surface area contributed by atoms with E-state index in [1.807, 2.05) is 6.92 Å². The average molecular weight is 461 g/mol. The summed E-state index contributed by atoms with van der Waals surface area (Å²) in [5.41, 5.74) is 3.85. The number of guanidine groups is 1. The molecule has 1 N–H and O–H groups in total. The average Bonchev–Trinajstić information content (AvgIpc) is 2.58. The quantitative estimate of drug-likeness (QED) is 0.306. The molecule has 1 unspecified atom stereocenters. The Morgan fingerprint density at radius 2 is 2.16 bits per heavy atom. The minimum absolute atomic E-state index is 0. The molecule has 6 heteroatoms. The van der Waals surface area contributed by atoms with E-state index >= 15 is 0 Å². The molecular weight excluding hydrogens is 429 g/mol. The van der Waals surface area contributed by atoms with Crippen molar-refractivity contribution >= 4 is 29.9 Å². The Hall–Kier alpha value is -0.860. The maximum atomic E-state index is 6.04. The van der Waals surface area contributed by atoms with Crippen LogP contribution in [0.5, 0.6) is 0 Å². The molecule has 1 aromatic rings. The molecular formula is C19H32IN3O2. The Balaban J connectivity index is 0.00000312. The van der Waals surface area contributed by atoms with Gasteiger partial charge in [0, 0.05) is 19.7 Å². The van der Waals surface area contributed by atoms with Gasteiger partial charge in [0.1, 0.15) is 6.10 Å². The van der Waals surface area contributed by atoms with Gasteiger partial charge in [-0.25, -0.2) is 0 Å². The van der Waals surface area contributed by atoms with Gasteiger partial charge in [-0.3, -0.25) is 4.99 Å². The molecule has 1 aromatic carbocycles. The highest BCUT2D eigenvalue weighted by Crippen LogP contribution is 2.25. The molecule has 0 aliphatic carbocycles. The van der Waals surface area contributed by atoms with Crippen LogP contribution in [0.4, 0.5) is 0 Å². The zero-order valence-corrected chi connectivity index (χ0v) is 18.2. The lowest BCUT2D eigenvalue weighted by molar-refractivity contribution is -0.00837. The molecule has 142 valence electrons. The molecule has 0 radical (unpaired) electrons. The predicted octanol–water partition coefficient (Wildman–Crippen LogP) is 3.30. The molecule has 1 saturated heterocycles. The second-order valence-electron chi connectivity index (χ2n) is 6.10. The summed E-state index contributed by atoms with van der Waals surface area (Å²) >= 11 is 0. The van der Waals surface area contributed by atoms with E-state index in [4.69, 9.17) is 14.5 Å². The molecule has 1 aliphatic rings. The zero-order chi connectivity index (χ0) is 17.4. The lowest BCUT2D eigenvalue weighted by Crippen LogP contribution is -2.48. The normalized spacial score (nSPS) is 18.0. The highest BCUT2D eigenvalue weighted by molar-refractivity contribution is 14.0. The number of nitrogens with one attached hydrogen (secondary N) is 1. The van der Waals surface area contributed by atoms with Crippen LogP contribution in [0.3, 0.4) is 0 Å². The van der Waals surface area contributed by atoms with Crippen molar-refractivity contribution in [1.29, 1.82) is 0 Å². The first-order valence-corrected chi connectivity index (χ1v) is 8.95. The molecule has 1 atom stereocenters. The molecule has 0 amide bonds. The summed E-state index contributed by atoms with van der Waals surface area (Å²) in [5, 5.41) is 3.39. The van der Waals surface area contributed by atoms with Gasteiger partial charge in [-0.15, -0.1) is 24.0 Å². The van der Waals surface area contributed by atoms with Crippen LogP contribution in [0, 0.1) is 13.8 Å². The van der Waals surface area contributed by atoms with Gasteiger partial charge in [0.15, 0.2) is 5.96 Å². The van der Waals surface area contributed by atoms with Gasteiger partial charge in [0.2, 0.25) is 0 Å². The number of hydrogen-bond donors (Lipinski definition) is 1. The Kier molecular flexibility index (Phi) is 10.4. The molecule has 5 nitrogen and oxygen atoms in total. The third-order valence-electron chi connectivity index (χ3n) is 4.17. The third-order valence-corrected chi connectivity index (χ3v) is 4.17. The monoisotopic (exact) mass is 461 g/mol. The van der Waals surface area contributed by atoms with Crippen LogP contribution in [0.2, 0.25) is 0 Å². The lowest BCUT2D eigenvalue weighted by atomic mass is 10.00. The van der Waals surface area contributed by atoms with E-state index in [2.05, 4.69) is 49.2 Å². The van der Waals surface area contributed by atoms with Crippen LogP contribution >= 0.6 is 24.0 Å². The fourth-order valence-electron chi connectivity index (χ4n) is 3.00. The summed E-state index contributed by atoms with van der Waals surface area (Å²) in [6.45, 7) is 13.7. The Bertz CT molecular complexity index is 551. The van der Waals surface area contributed by atoms with Crippen LogP contribution in [0.15, 0.2) is 23.2 Å². The van der Waals surface area contributed by atoms with Crippen molar-refractivity contribution in [2.45, 2.75) is 33.8 Å². The van der Waals surface area contributed by atoms with Gasteiger partial charge < -0.3 is 19.7 Å². The molecule has 0 spiro atoms. The van der Waals surface area contributed by atoms with Gasteiger partial charge in [-0.05, 0) is 38.8 Å². The molecule has 1 fully saturated rings. The fraction of sp³-hybridized carbons (Fsp3) is 0.632. The second kappa shape index (κ2) is 11.7.